The van der Waals surface area contributed by atoms with E-state index in [2.05, 4.69) is 419 Å². The zero-order valence-corrected chi connectivity index (χ0v) is 64.8. The summed E-state index contributed by atoms with van der Waals surface area (Å²) in [6.45, 7) is 0. The first-order valence-electron chi connectivity index (χ1n) is 41.5. The fourth-order valence-corrected chi connectivity index (χ4v) is 22.2. The van der Waals surface area contributed by atoms with Crippen molar-refractivity contribution in [2.24, 2.45) is 0 Å². The van der Waals surface area contributed by atoms with Crippen molar-refractivity contribution in [2.75, 3.05) is 0 Å². The van der Waals surface area contributed by atoms with E-state index in [4.69, 9.17) is 15.0 Å². The van der Waals surface area contributed by atoms with Crippen molar-refractivity contribution in [3.05, 3.63) is 451 Å². The van der Waals surface area contributed by atoms with Gasteiger partial charge in [-0.05, 0) is 220 Å². The minimum atomic E-state index is -0.452. The maximum atomic E-state index is 5.54. The minimum absolute atomic E-state index is 0.446. The van der Waals surface area contributed by atoms with E-state index < -0.39 is 10.8 Å². The molecular formula is C113H67N7. The topological polar surface area (TPSA) is 58.4 Å². The molecule has 5 aromatic heterocycles. The lowest BCUT2D eigenvalue weighted by Crippen LogP contribution is -2.26. The Balaban J connectivity index is 0.550. The molecule has 2 spiro atoms. The zero-order valence-electron chi connectivity index (χ0n) is 64.8. The predicted octanol–water partition coefficient (Wildman–Crippen LogP) is 27.6. The Labute approximate surface area is 690 Å². The van der Waals surface area contributed by atoms with Gasteiger partial charge in [-0.25, -0.2) is 4.98 Å². The molecule has 0 N–H and O–H groups in total. The largest absolute Gasteiger partial charge is 0.309 e. The van der Waals surface area contributed by atoms with Crippen LogP contribution in [0.4, 0.5) is 0 Å². The Hall–Kier alpha value is -15.8. The highest BCUT2D eigenvalue weighted by atomic mass is 15.2. The number of rotatable bonds is 8. The van der Waals surface area contributed by atoms with Crippen LogP contribution in [0.25, 0.3) is 200 Å². The molecule has 0 radical (unpaired) electrons. The van der Waals surface area contributed by atoms with Crippen LogP contribution in [0.5, 0.6) is 0 Å². The fraction of sp³-hybridized carbons (Fsp3) is 0.0177. The summed E-state index contributed by atoms with van der Waals surface area (Å²) in [5, 5.41) is 9.39. The fourth-order valence-electron chi connectivity index (χ4n) is 22.2. The van der Waals surface area contributed by atoms with Gasteiger partial charge in [-0.15, -0.1) is 0 Å². The van der Waals surface area contributed by atoms with E-state index in [1.54, 1.807) is 0 Å². The highest BCUT2D eigenvalue weighted by Gasteiger charge is 2.53. The van der Waals surface area contributed by atoms with Gasteiger partial charge in [-0.1, -0.05) is 297 Å². The zero-order chi connectivity index (χ0) is 78.2. The Morgan fingerprint density at radius 2 is 0.433 bits per heavy atom. The Morgan fingerprint density at radius 1 is 0.158 bits per heavy atom. The summed E-state index contributed by atoms with van der Waals surface area (Å²) in [6.07, 6.45) is 0. The van der Waals surface area contributed by atoms with E-state index in [0.29, 0.717) is 17.6 Å². The van der Waals surface area contributed by atoms with Gasteiger partial charge in [0.1, 0.15) is 0 Å². The summed E-state index contributed by atoms with van der Waals surface area (Å²) >= 11 is 0. The standard InChI is InChI=1S/C113H67N7/c1-2-25-68(26-3-1)109-114-110(116-111(115-109)120-104-48-23-13-38-88(104)92-65-72(52-60-108(92)120)71-51-59-107-91(64-71)87-37-12-22-47-103(87)119(107)76-54-56-84-82-34-9-19-44-98(82)113(100(84)67-76)95-41-16-6-31-79(95)80-32-7-17-42-96(80)113)73-27-24-28-74(61-73)117-101-45-20-10-35-85(101)89-62-69(49-57-105(89)117)70-50-58-106-90(63-70)86-36-11-21-46-102(86)118(106)75-53-55-83-81-33-8-18-43-97(81)112(99(83)66-75)93-39-14-4-29-77(93)78-30-5-15-40-94(78)112/h1-67H. The van der Waals surface area contributed by atoms with Crippen LogP contribution in [0.2, 0.25) is 0 Å². The van der Waals surface area contributed by atoms with E-state index in [9.17, 15) is 0 Å². The average molecular weight is 1520 g/mol. The van der Waals surface area contributed by atoms with Gasteiger partial charge >= 0.3 is 0 Å². The first-order chi connectivity index (χ1) is 59.5. The molecule has 7 heteroatoms. The van der Waals surface area contributed by atoms with Gasteiger partial charge in [0.25, 0.3) is 0 Å². The van der Waals surface area contributed by atoms with Crippen molar-refractivity contribution in [2.45, 2.75) is 10.8 Å². The molecule has 18 aromatic carbocycles. The molecule has 0 atom stereocenters. The quantitative estimate of drug-likeness (QED) is 0.152. The van der Waals surface area contributed by atoms with Gasteiger partial charge in [0.2, 0.25) is 5.95 Å². The first kappa shape index (κ1) is 65.4. The highest BCUT2D eigenvalue weighted by molar-refractivity contribution is 6.16. The SMILES string of the molecule is c1ccc(-c2nc(-c3cccc(-n4c5ccccc5c5cc(-c6ccc7c(c6)c6ccccc6n7-c6ccc7c(c6)C6(c8ccccc8-c8ccccc86)c6ccccc6-7)ccc54)c3)nc(-n3c4ccccc4c4cc(-c5ccc6c(c5)c5ccccc5n6-c5ccc6c(c5)C5(c7ccccc7-c7ccccc75)c5ccccc5-6)ccc43)n2)cc1. The first-order valence-corrected chi connectivity index (χ1v) is 41.5. The van der Waals surface area contributed by atoms with Crippen molar-refractivity contribution >= 4 is 87.2 Å². The van der Waals surface area contributed by atoms with Crippen molar-refractivity contribution in [3.63, 3.8) is 0 Å². The molecule has 23 aromatic rings. The summed E-state index contributed by atoms with van der Waals surface area (Å²) in [4.78, 5) is 16.3. The second kappa shape index (κ2) is 24.4. The smallest absolute Gasteiger partial charge is 0.238 e. The minimum Gasteiger partial charge on any atom is -0.309 e. The van der Waals surface area contributed by atoms with Crippen LogP contribution >= 0.6 is 0 Å². The third-order valence-corrected chi connectivity index (χ3v) is 27.1. The molecular weight excluding hydrogens is 1460 g/mol. The number of fused-ring (bicyclic) bond motifs is 32. The number of para-hydroxylation sites is 4. The van der Waals surface area contributed by atoms with Crippen molar-refractivity contribution in [1.29, 1.82) is 0 Å². The van der Waals surface area contributed by atoms with Gasteiger partial charge in [0.15, 0.2) is 11.6 Å². The molecule has 0 aliphatic heterocycles. The lowest BCUT2D eigenvalue weighted by atomic mass is 9.70. The molecule has 4 aliphatic carbocycles. The maximum Gasteiger partial charge on any atom is 0.238 e. The third kappa shape index (κ3) is 8.73. The monoisotopic (exact) mass is 1520 g/mol. The van der Waals surface area contributed by atoms with Crippen LogP contribution < -0.4 is 0 Å². The lowest BCUT2D eigenvalue weighted by molar-refractivity contribution is 0.792. The van der Waals surface area contributed by atoms with E-state index in [-0.39, 0.29) is 0 Å². The maximum absolute atomic E-state index is 5.54. The lowest BCUT2D eigenvalue weighted by Gasteiger charge is -2.30. The summed E-state index contributed by atoms with van der Waals surface area (Å²) in [5.74, 6) is 1.70. The molecule has 5 heterocycles. The summed E-state index contributed by atoms with van der Waals surface area (Å²) < 4.78 is 9.59. The van der Waals surface area contributed by atoms with Crippen LogP contribution in [-0.4, -0.2) is 33.2 Å². The van der Waals surface area contributed by atoms with Crippen molar-refractivity contribution in [3.8, 4) is 113 Å². The van der Waals surface area contributed by atoms with E-state index in [1.165, 1.54) is 138 Å². The molecule has 0 bridgehead atoms. The van der Waals surface area contributed by atoms with Gasteiger partial charge < -0.3 is 13.7 Å². The Bertz CT molecular complexity index is 8320. The molecule has 7 nitrogen and oxygen atoms in total. The van der Waals surface area contributed by atoms with Gasteiger partial charge in [0, 0.05) is 71.3 Å². The number of aromatic nitrogens is 7. The van der Waals surface area contributed by atoms with Crippen LogP contribution in [0.1, 0.15) is 44.5 Å². The van der Waals surface area contributed by atoms with Crippen molar-refractivity contribution in [1.82, 2.24) is 33.2 Å². The molecule has 0 fully saturated rings. The number of benzene rings is 18. The molecule has 27 rings (SSSR count). The summed E-state index contributed by atoms with van der Waals surface area (Å²) in [6, 6.07) is 151. The van der Waals surface area contributed by atoms with Crippen LogP contribution in [0, 0.1) is 0 Å². The van der Waals surface area contributed by atoms with E-state index >= 15 is 0 Å². The second-order valence-electron chi connectivity index (χ2n) is 32.8. The number of nitrogens with zero attached hydrogens (tertiary/aromatic N) is 7. The summed E-state index contributed by atoms with van der Waals surface area (Å²) in [7, 11) is 0. The molecule has 0 unspecified atom stereocenters. The molecule has 0 saturated heterocycles. The molecule has 120 heavy (non-hydrogen) atoms. The molecule has 0 amide bonds. The van der Waals surface area contributed by atoms with Crippen LogP contribution in [0.15, 0.2) is 406 Å². The number of hydrogen-bond acceptors (Lipinski definition) is 3. The highest BCUT2D eigenvalue weighted by Crippen LogP contribution is 2.65. The van der Waals surface area contributed by atoms with Gasteiger partial charge in [0.05, 0.1) is 55.0 Å². The average Bonchev–Trinajstić information content (AvgIpc) is 1.56. The second-order valence-corrected chi connectivity index (χ2v) is 32.8. The Morgan fingerprint density at radius 3 is 0.800 bits per heavy atom. The van der Waals surface area contributed by atoms with E-state index in [0.717, 1.165) is 88.8 Å². The Kier molecular flexibility index (Phi) is 13.3. The van der Waals surface area contributed by atoms with Crippen LogP contribution in [-0.2, 0) is 10.8 Å². The van der Waals surface area contributed by atoms with Gasteiger partial charge in [-0.3, -0.25) is 4.57 Å². The van der Waals surface area contributed by atoms with E-state index in [1.807, 2.05) is 6.07 Å². The molecule has 554 valence electrons. The normalized spacial score (nSPS) is 13.5. The number of hydrogen-bond donors (Lipinski definition) is 0. The molecule has 0 saturated carbocycles. The van der Waals surface area contributed by atoms with Crippen LogP contribution in [0.3, 0.4) is 0 Å². The third-order valence-electron chi connectivity index (χ3n) is 27.1. The van der Waals surface area contributed by atoms with Gasteiger partial charge in [-0.2, -0.15) is 9.97 Å². The summed E-state index contributed by atoms with van der Waals surface area (Å²) in [5.41, 5.74) is 38.7. The van der Waals surface area contributed by atoms with Crippen molar-refractivity contribution < 1.29 is 0 Å². The predicted molar refractivity (Wildman–Crippen MR) is 492 cm³/mol. The molecule has 4 aliphatic rings.